The van der Waals surface area contributed by atoms with E-state index in [1.165, 1.54) is 11.3 Å². The molecule has 1 aromatic heterocycles. The molecule has 7 heteroatoms. The molecule has 0 aromatic carbocycles. The summed E-state index contributed by atoms with van der Waals surface area (Å²) >= 11 is 1.37. The average molecular weight is 284 g/mol. The Kier molecular flexibility index (Phi) is 6.48. The summed E-state index contributed by atoms with van der Waals surface area (Å²) in [6, 6.07) is 3.60. The molecule has 0 aliphatic carbocycles. The largest absolute Gasteiger partial charge is 0.369 e. The number of unbranched alkanes of at least 4 members (excludes halogenated alkanes) is 1. The third-order valence-electron chi connectivity index (χ3n) is 2.60. The summed E-state index contributed by atoms with van der Waals surface area (Å²) in [5.41, 5.74) is 7.33. The van der Waals surface area contributed by atoms with Crippen molar-refractivity contribution in [3.05, 3.63) is 21.9 Å². The molecule has 106 valence electrons. The summed E-state index contributed by atoms with van der Waals surface area (Å²) in [6.45, 7) is 3.76. The SMILES string of the molecule is CCCCN(CC(N)=O)Cc1ccc(C(=O)NN)s1. The predicted molar refractivity (Wildman–Crippen MR) is 75.4 cm³/mol. The van der Waals surface area contributed by atoms with E-state index < -0.39 is 0 Å². The Morgan fingerprint density at radius 3 is 2.74 bits per heavy atom. The number of nitrogen functional groups attached to an aromatic ring is 1. The van der Waals surface area contributed by atoms with Crippen molar-refractivity contribution < 1.29 is 9.59 Å². The fraction of sp³-hybridized carbons (Fsp3) is 0.500. The van der Waals surface area contributed by atoms with Crippen LogP contribution in [0.2, 0.25) is 0 Å². The van der Waals surface area contributed by atoms with Gasteiger partial charge in [0.15, 0.2) is 0 Å². The Labute approximate surface area is 116 Å². The van der Waals surface area contributed by atoms with Gasteiger partial charge in [-0.3, -0.25) is 19.9 Å². The van der Waals surface area contributed by atoms with Gasteiger partial charge in [-0.05, 0) is 25.1 Å². The molecule has 6 nitrogen and oxygen atoms in total. The van der Waals surface area contributed by atoms with Crippen molar-refractivity contribution in [2.75, 3.05) is 13.1 Å². The quantitative estimate of drug-likeness (QED) is 0.366. The average Bonchev–Trinajstić information content (AvgIpc) is 2.82. The predicted octanol–water partition coefficient (Wildman–Crippen LogP) is 0.439. The van der Waals surface area contributed by atoms with Crippen LogP contribution in [0.3, 0.4) is 0 Å². The molecule has 0 saturated heterocycles. The first kappa shape index (κ1) is 15.6. The Hall–Kier alpha value is -1.44. The van der Waals surface area contributed by atoms with Crippen LogP contribution >= 0.6 is 11.3 Å². The zero-order valence-electron chi connectivity index (χ0n) is 11.0. The fourth-order valence-corrected chi connectivity index (χ4v) is 2.65. The number of rotatable bonds is 8. The molecule has 2 amide bonds. The number of nitrogens with zero attached hydrogens (tertiary/aromatic N) is 1. The number of primary amides is 1. The molecule has 0 saturated carbocycles. The Bertz CT molecular complexity index is 433. The molecule has 0 atom stereocenters. The third kappa shape index (κ3) is 5.37. The topological polar surface area (TPSA) is 101 Å². The van der Waals surface area contributed by atoms with Crippen molar-refractivity contribution >= 4 is 23.2 Å². The van der Waals surface area contributed by atoms with Gasteiger partial charge in [-0.15, -0.1) is 11.3 Å². The van der Waals surface area contributed by atoms with Gasteiger partial charge in [-0.2, -0.15) is 0 Å². The van der Waals surface area contributed by atoms with Crippen LogP contribution in [0.25, 0.3) is 0 Å². The van der Waals surface area contributed by atoms with E-state index in [-0.39, 0.29) is 18.4 Å². The number of hydrogen-bond donors (Lipinski definition) is 3. The molecular formula is C12H20N4O2S. The summed E-state index contributed by atoms with van der Waals surface area (Å²) in [5.74, 6) is 4.44. The van der Waals surface area contributed by atoms with Gasteiger partial charge in [0.25, 0.3) is 5.91 Å². The van der Waals surface area contributed by atoms with Gasteiger partial charge < -0.3 is 5.73 Å². The molecule has 1 rings (SSSR count). The highest BCUT2D eigenvalue weighted by Crippen LogP contribution is 2.18. The maximum absolute atomic E-state index is 11.3. The summed E-state index contributed by atoms with van der Waals surface area (Å²) in [5, 5.41) is 0. The van der Waals surface area contributed by atoms with Crippen LogP contribution in [0.4, 0.5) is 0 Å². The second-order valence-corrected chi connectivity index (χ2v) is 5.44. The van der Waals surface area contributed by atoms with E-state index in [2.05, 4.69) is 12.3 Å². The number of carbonyl (C=O) groups excluding carboxylic acids is 2. The number of thiophene rings is 1. The van der Waals surface area contributed by atoms with Crippen LogP contribution in [0.1, 0.15) is 34.3 Å². The summed E-state index contributed by atoms with van der Waals surface area (Å²) in [4.78, 5) is 25.9. The minimum absolute atomic E-state index is 0.232. The second kappa shape index (κ2) is 7.88. The third-order valence-corrected chi connectivity index (χ3v) is 3.67. The summed E-state index contributed by atoms with van der Waals surface area (Å²) in [7, 11) is 0. The smallest absolute Gasteiger partial charge is 0.275 e. The molecule has 1 aromatic rings. The lowest BCUT2D eigenvalue weighted by atomic mass is 10.3. The Morgan fingerprint density at radius 1 is 1.42 bits per heavy atom. The first-order valence-corrected chi connectivity index (χ1v) is 6.98. The van der Waals surface area contributed by atoms with Crippen molar-refractivity contribution in [2.24, 2.45) is 11.6 Å². The first-order chi connectivity index (χ1) is 9.06. The van der Waals surface area contributed by atoms with Crippen LogP contribution in [0, 0.1) is 0 Å². The Balaban J connectivity index is 2.64. The highest BCUT2D eigenvalue weighted by Gasteiger charge is 2.12. The van der Waals surface area contributed by atoms with Crippen LogP contribution in [0.15, 0.2) is 12.1 Å². The van der Waals surface area contributed by atoms with E-state index in [1.807, 2.05) is 11.0 Å². The zero-order chi connectivity index (χ0) is 14.3. The number of nitrogens with one attached hydrogen (secondary N) is 1. The van der Waals surface area contributed by atoms with E-state index >= 15 is 0 Å². The number of amides is 2. The number of nitrogens with two attached hydrogens (primary N) is 2. The van der Waals surface area contributed by atoms with E-state index in [0.717, 1.165) is 24.3 Å². The highest BCUT2D eigenvalue weighted by molar-refractivity contribution is 7.14. The van der Waals surface area contributed by atoms with Gasteiger partial charge in [-0.1, -0.05) is 13.3 Å². The molecule has 0 unspecified atom stereocenters. The van der Waals surface area contributed by atoms with Gasteiger partial charge in [0, 0.05) is 11.4 Å². The van der Waals surface area contributed by atoms with Crippen LogP contribution in [0.5, 0.6) is 0 Å². The van der Waals surface area contributed by atoms with E-state index in [0.29, 0.717) is 11.4 Å². The van der Waals surface area contributed by atoms with Crippen molar-refractivity contribution in [2.45, 2.75) is 26.3 Å². The number of hydrogen-bond acceptors (Lipinski definition) is 5. The molecule has 0 spiro atoms. The zero-order valence-corrected chi connectivity index (χ0v) is 11.8. The molecule has 0 bridgehead atoms. The minimum atomic E-state index is -0.340. The van der Waals surface area contributed by atoms with Gasteiger partial charge in [0.2, 0.25) is 5.91 Å². The lowest BCUT2D eigenvalue weighted by molar-refractivity contribution is -0.119. The standard InChI is InChI=1S/C12H20N4O2S/c1-2-3-6-16(8-11(13)17)7-9-4-5-10(19-9)12(18)15-14/h4-5H,2-3,6-8,14H2,1H3,(H2,13,17)(H,15,18). The molecule has 1 heterocycles. The van der Waals surface area contributed by atoms with Gasteiger partial charge >= 0.3 is 0 Å². The van der Waals surface area contributed by atoms with Gasteiger partial charge in [0.05, 0.1) is 11.4 Å². The molecule has 19 heavy (non-hydrogen) atoms. The molecule has 5 N–H and O–H groups in total. The van der Waals surface area contributed by atoms with Gasteiger partial charge in [-0.25, -0.2) is 5.84 Å². The molecule has 0 radical (unpaired) electrons. The fourth-order valence-electron chi connectivity index (χ4n) is 1.69. The van der Waals surface area contributed by atoms with Crippen LogP contribution in [-0.4, -0.2) is 29.8 Å². The lowest BCUT2D eigenvalue weighted by Gasteiger charge is -2.19. The normalized spacial score (nSPS) is 10.7. The van der Waals surface area contributed by atoms with Crippen molar-refractivity contribution in [1.29, 1.82) is 0 Å². The Morgan fingerprint density at radius 2 is 2.16 bits per heavy atom. The second-order valence-electron chi connectivity index (χ2n) is 4.27. The van der Waals surface area contributed by atoms with E-state index in [4.69, 9.17) is 11.6 Å². The molecule has 0 aliphatic heterocycles. The monoisotopic (exact) mass is 284 g/mol. The van der Waals surface area contributed by atoms with Crippen molar-refractivity contribution in [3.8, 4) is 0 Å². The molecule has 0 aliphatic rings. The summed E-state index contributed by atoms with van der Waals surface area (Å²) in [6.07, 6.45) is 2.06. The van der Waals surface area contributed by atoms with Crippen LogP contribution in [-0.2, 0) is 11.3 Å². The maximum Gasteiger partial charge on any atom is 0.275 e. The molecule has 0 fully saturated rings. The first-order valence-electron chi connectivity index (χ1n) is 6.17. The van der Waals surface area contributed by atoms with Gasteiger partial charge in [0.1, 0.15) is 0 Å². The maximum atomic E-state index is 11.3. The molecular weight excluding hydrogens is 264 g/mol. The van der Waals surface area contributed by atoms with Crippen LogP contribution < -0.4 is 17.0 Å². The summed E-state index contributed by atoms with van der Waals surface area (Å²) < 4.78 is 0. The van der Waals surface area contributed by atoms with Crippen molar-refractivity contribution in [1.82, 2.24) is 10.3 Å². The lowest BCUT2D eigenvalue weighted by Crippen LogP contribution is -2.33. The van der Waals surface area contributed by atoms with E-state index in [1.54, 1.807) is 6.07 Å². The highest BCUT2D eigenvalue weighted by atomic mass is 32.1. The van der Waals surface area contributed by atoms with Crippen molar-refractivity contribution in [3.63, 3.8) is 0 Å². The number of hydrazine groups is 1. The van der Waals surface area contributed by atoms with E-state index in [9.17, 15) is 9.59 Å². The minimum Gasteiger partial charge on any atom is -0.369 e. The number of carbonyl (C=O) groups is 2.